The number of primary amides is 1. The molecular weight excluding hydrogens is 256 g/mol. The second-order valence-corrected chi connectivity index (χ2v) is 3.62. The maximum atomic E-state index is 11.1. The minimum absolute atomic E-state index is 0.0371. The highest BCUT2D eigenvalue weighted by molar-refractivity contribution is 6.20. The summed E-state index contributed by atoms with van der Waals surface area (Å²) < 4.78 is 0. The summed E-state index contributed by atoms with van der Waals surface area (Å²) in [6, 6.07) is 6.92. The Labute approximate surface area is 116 Å². The Bertz CT molecular complexity index is 601. The zero-order valence-electron chi connectivity index (χ0n) is 10.7. The van der Waals surface area contributed by atoms with E-state index >= 15 is 0 Å². The van der Waals surface area contributed by atoms with Gasteiger partial charge >= 0.3 is 0 Å². The monoisotopic (exact) mass is 272 g/mol. The highest BCUT2D eigenvalue weighted by Gasteiger charge is 2.08. The van der Waals surface area contributed by atoms with E-state index in [2.05, 4.69) is 9.98 Å². The van der Waals surface area contributed by atoms with Crippen LogP contribution in [-0.4, -0.2) is 18.0 Å². The zero-order chi connectivity index (χ0) is 15.0. The maximum absolute atomic E-state index is 11.1. The molecule has 0 aliphatic rings. The smallest absolute Gasteiger partial charge is 0.253 e. The first-order valence-electron chi connectivity index (χ1n) is 5.65. The SMILES string of the molecule is NC=CC=Nc1cccc(N=C(N)C(=CN)C(N)=O)c1. The van der Waals surface area contributed by atoms with E-state index in [1.165, 1.54) is 6.20 Å². The summed E-state index contributed by atoms with van der Waals surface area (Å²) in [5, 5.41) is 0. The normalized spacial score (nSPS) is 13.2. The Morgan fingerprint density at radius 2 is 1.85 bits per heavy atom. The molecule has 0 aromatic heterocycles. The van der Waals surface area contributed by atoms with Gasteiger partial charge in [-0.15, -0.1) is 0 Å². The molecule has 0 spiro atoms. The van der Waals surface area contributed by atoms with Gasteiger partial charge in [0.25, 0.3) is 5.91 Å². The molecule has 1 aromatic rings. The summed E-state index contributed by atoms with van der Waals surface area (Å²) in [5.41, 5.74) is 22.4. The van der Waals surface area contributed by atoms with Crippen molar-refractivity contribution in [3.05, 3.63) is 48.3 Å². The minimum Gasteiger partial charge on any atom is -0.405 e. The molecule has 0 heterocycles. The van der Waals surface area contributed by atoms with Crippen molar-refractivity contribution in [3.8, 4) is 0 Å². The van der Waals surface area contributed by atoms with Crippen LogP contribution in [0.5, 0.6) is 0 Å². The Balaban J connectivity index is 3.03. The van der Waals surface area contributed by atoms with Gasteiger partial charge in [0.2, 0.25) is 0 Å². The van der Waals surface area contributed by atoms with E-state index in [0.717, 1.165) is 6.20 Å². The van der Waals surface area contributed by atoms with Gasteiger partial charge in [0, 0.05) is 12.4 Å². The van der Waals surface area contributed by atoms with Crippen LogP contribution >= 0.6 is 0 Å². The molecule has 1 rings (SSSR count). The lowest BCUT2D eigenvalue weighted by Gasteiger charge is -2.02. The van der Waals surface area contributed by atoms with Crippen molar-refractivity contribution in [1.29, 1.82) is 0 Å². The number of carbonyl (C=O) groups excluding carboxylic acids is 1. The number of hydrogen-bond acceptors (Lipinski definition) is 5. The maximum Gasteiger partial charge on any atom is 0.253 e. The van der Waals surface area contributed by atoms with E-state index in [4.69, 9.17) is 22.9 Å². The average Bonchev–Trinajstić information content (AvgIpc) is 2.39. The Morgan fingerprint density at radius 1 is 1.15 bits per heavy atom. The van der Waals surface area contributed by atoms with Gasteiger partial charge in [-0.25, -0.2) is 4.99 Å². The molecule has 0 bridgehead atoms. The molecule has 0 unspecified atom stereocenters. The molecule has 1 aromatic carbocycles. The van der Waals surface area contributed by atoms with Crippen molar-refractivity contribution in [2.24, 2.45) is 32.9 Å². The molecule has 0 aliphatic carbocycles. The van der Waals surface area contributed by atoms with E-state index in [-0.39, 0.29) is 11.4 Å². The number of aliphatic imine (C=N–C) groups is 2. The van der Waals surface area contributed by atoms with Gasteiger partial charge in [-0.2, -0.15) is 0 Å². The molecule has 0 radical (unpaired) electrons. The van der Waals surface area contributed by atoms with Crippen molar-refractivity contribution in [2.45, 2.75) is 0 Å². The van der Waals surface area contributed by atoms with E-state index in [9.17, 15) is 4.79 Å². The second kappa shape index (κ2) is 7.37. The average molecular weight is 272 g/mol. The fourth-order valence-corrected chi connectivity index (χ4v) is 1.31. The van der Waals surface area contributed by atoms with Crippen molar-refractivity contribution in [1.82, 2.24) is 0 Å². The van der Waals surface area contributed by atoms with Crippen LogP contribution in [0.3, 0.4) is 0 Å². The van der Waals surface area contributed by atoms with Gasteiger partial charge in [0.15, 0.2) is 0 Å². The van der Waals surface area contributed by atoms with Crippen molar-refractivity contribution < 1.29 is 4.79 Å². The topological polar surface area (TPSA) is 146 Å². The summed E-state index contributed by atoms with van der Waals surface area (Å²) in [7, 11) is 0. The molecule has 0 fully saturated rings. The van der Waals surface area contributed by atoms with Crippen LogP contribution in [0.25, 0.3) is 0 Å². The minimum atomic E-state index is -0.740. The van der Waals surface area contributed by atoms with E-state index in [1.807, 2.05) is 0 Å². The van der Waals surface area contributed by atoms with Gasteiger partial charge in [-0.05, 0) is 30.5 Å². The quantitative estimate of drug-likeness (QED) is 0.344. The highest BCUT2D eigenvalue weighted by Crippen LogP contribution is 2.20. The Hall–Kier alpha value is -3.09. The third kappa shape index (κ3) is 4.30. The Morgan fingerprint density at radius 3 is 2.45 bits per heavy atom. The molecule has 8 N–H and O–H groups in total. The predicted molar refractivity (Wildman–Crippen MR) is 80.7 cm³/mol. The molecule has 1 amide bonds. The van der Waals surface area contributed by atoms with Crippen molar-refractivity contribution >= 4 is 29.3 Å². The third-order valence-electron chi connectivity index (χ3n) is 2.21. The van der Waals surface area contributed by atoms with Gasteiger partial charge in [-0.3, -0.25) is 9.79 Å². The van der Waals surface area contributed by atoms with Gasteiger partial charge in [0.05, 0.1) is 16.9 Å². The van der Waals surface area contributed by atoms with Crippen LogP contribution in [0, 0.1) is 0 Å². The number of amides is 1. The molecular formula is C13H16N6O. The van der Waals surface area contributed by atoms with Gasteiger partial charge in [0.1, 0.15) is 5.84 Å². The number of benzene rings is 1. The summed E-state index contributed by atoms with van der Waals surface area (Å²) >= 11 is 0. The molecule has 7 nitrogen and oxygen atoms in total. The van der Waals surface area contributed by atoms with Gasteiger partial charge < -0.3 is 22.9 Å². The molecule has 0 saturated carbocycles. The summed E-state index contributed by atoms with van der Waals surface area (Å²) in [6.07, 6.45) is 5.53. The molecule has 0 aliphatic heterocycles. The first-order chi connectivity index (χ1) is 9.58. The van der Waals surface area contributed by atoms with Crippen molar-refractivity contribution in [3.63, 3.8) is 0 Å². The van der Waals surface area contributed by atoms with Crippen molar-refractivity contribution in [2.75, 3.05) is 0 Å². The fourth-order valence-electron chi connectivity index (χ4n) is 1.31. The zero-order valence-corrected chi connectivity index (χ0v) is 10.7. The standard InChI is InChI=1S/C13H16N6O/c14-5-2-6-18-9-3-1-4-10(7-9)19-12(16)11(8-15)13(17)20/h1-8H,14-15H2,(H2,16,19)(H2,17,20). The van der Waals surface area contributed by atoms with E-state index < -0.39 is 5.91 Å². The summed E-state index contributed by atoms with van der Waals surface area (Å²) in [5.74, 6) is -0.793. The molecule has 20 heavy (non-hydrogen) atoms. The van der Waals surface area contributed by atoms with Crippen LogP contribution < -0.4 is 22.9 Å². The van der Waals surface area contributed by atoms with E-state index in [1.54, 1.807) is 36.6 Å². The van der Waals surface area contributed by atoms with Crippen LogP contribution in [-0.2, 0) is 4.79 Å². The molecule has 0 saturated heterocycles. The largest absolute Gasteiger partial charge is 0.405 e. The number of nitrogens with zero attached hydrogens (tertiary/aromatic N) is 2. The number of nitrogens with two attached hydrogens (primary N) is 4. The lowest BCUT2D eigenvalue weighted by Crippen LogP contribution is -2.27. The van der Waals surface area contributed by atoms with Crippen LogP contribution in [0.2, 0.25) is 0 Å². The first-order valence-corrected chi connectivity index (χ1v) is 5.65. The van der Waals surface area contributed by atoms with Crippen LogP contribution in [0.1, 0.15) is 0 Å². The fraction of sp³-hybridized carbons (Fsp3) is 0. The van der Waals surface area contributed by atoms with Gasteiger partial charge in [-0.1, -0.05) is 6.07 Å². The molecule has 104 valence electrons. The molecule has 0 atom stereocenters. The lowest BCUT2D eigenvalue weighted by molar-refractivity contribution is -0.114. The number of allylic oxidation sites excluding steroid dienone is 1. The summed E-state index contributed by atoms with van der Waals surface area (Å²) in [4.78, 5) is 19.3. The summed E-state index contributed by atoms with van der Waals surface area (Å²) in [6.45, 7) is 0. The lowest BCUT2D eigenvalue weighted by atomic mass is 10.2. The Kier molecular flexibility index (Phi) is 5.51. The number of hydrogen-bond donors (Lipinski definition) is 4. The van der Waals surface area contributed by atoms with E-state index in [0.29, 0.717) is 11.4 Å². The first kappa shape index (κ1) is 15.0. The number of rotatable bonds is 5. The van der Waals surface area contributed by atoms with Crippen LogP contribution in [0.4, 0.5) is 11.4 Å². The third-order valence-corrected chi connectivity index (χ3v) is 2.21. The number of carbonyl (C=O) groups is 1. The second-order valence-electron chi connectivity index (χ2n) is 3.62. The predicted octanol–water partition coefficient (Wildman–Crippen LogP) is 0.178. The highest BCUT2D eigenvalue weighted by atomic mass is 16.1. The number of amidine groups is 1. The van der Waals surface area contributed by atoms with Crippen LogP contribution in [0.15, 0.2) is 58.3 Å². The molecule has 7 heteroatoms.